The van der Waals surface area contributed by atoms with E-state index in [-0.39, 0.29) is 29.7 Å². The normalized spacial score (nSPS) is 18.7. The molecule has 0 bridgehead atoms. The predicted molar refractivity (Wildman–Crippen MR) is 146 cm³/mol. The molecular weight excluding hydrogens is 586 g/mol. The van der Waals surface area contributed by atoms with Gasteiger partial charge in [-0.25, -0.2) is 27.5 Å². The van der Waals surface area contributed by atoms with E-state index in [9.17, 15) is 22.4 Å². The lowest BCUT2D eigenvalue weighted by atomic mass is 9.95. The molecule has 0 aliphatic heterocycles. The smallest absolute Gasteiger partial charge is 0.293 e. The monoisotopic (exact) mass is 608 g/mol. The van der Waals surface area contributed by atoms with Gasteiger partial charge in [0.15, 0.2) is 0 Å². The van der Waals surface area contributed by atoms with Crippen LogP contribution in [0.25, 0.3) is 21.9 Å². The lowest BCUT2D eigenvalue weighted by Crippen LogP contribution is -2.35. The van der Waals surface area contributed by atoms with E-state index in [1.807, 2.05) is 18.2 Å². The fourth-order valence-electron chi connectivity index (χ4n) is 6.22. The number of hydrogen-bond acceptors (Lipinski definition) is 5. The van der Waals surface area contributed by atoms with Crippen molar-refractivity contribution in [3.8, 4) is 11.1 Å². The van der Waals surface area contributed by atoms with Crippen LogP contribution >= 0.6 is 0 Å². The number of rotatable bonds is 8. The molecule has 0 spiro atoms. The highest BCUT2D eigenvalue weighted by molar-refractivity contribution is 5.87. The standard InChI is InChI=1S/C31H22F6N6O/c32-19-5-15(6-20(33)9-19)7-24(27-22(12-39-14-40-27)17-1-2-18-11-38-4-3-16(18)8-17)41-25(44)13-43-29-26(28(42-43)30(34)35)21-10-23(21)31(29,36)37/h1-6,8-9,11-12,14,21,23-24,30H,7,10,13H2,(H,41,44). The van der Waals surface area contributed by atoms with Gasteiger partial charge in [-0.05, 0) is 59.5 Å². The summed E-state index contributed by atoms with van der Waals surface area (Å²) in [5, 5.41) is 8.18. The second-order valence-electron chi connectivity index (χ2n) is 11.0. The molecule has 13 heteroatoms. The van der Waals surface area contributed by atoms with E-state index in [1.54, 1.807) is 18.5 Å². The molecule has 2 aliphatic rings. The maximum absolute atomic E-state index is 15.1. The second kappa shape index (κ2) is 10.4. The number of nitrogens with zero attached hydrogens (tertiary/aromatic N) is 5. The minimum atomic E-state index is -3.40. The molecule has 1 fully saturated rings. The van der Waals surface area contributed by atoms with Crippen molar-refractivity contribution in [3.63, 3.8) is 0 Å². The summed E-state index contributed by atoms with van der Waals surface area (Å²) in [6.45, 7) is -0.776. The van der Waals surface area contributed by atoms with Crippen molar-refractivity contribution in [1.82, 2.24) is 30.0 Å². The number of halogens is 6. The van der Waals surface area contributed by atoms with E-state index in [0.29, 0.717) is 21.9 Å². The number of pyridine rings is 1. The van der Waals surface area contributed by atoms with Gasteiger partial charge < -0.3 is 5.32 Å². The molecule has 0 radical (unpaired) electrons. The Kier molecular flexibility index (Phi) is 6.63. The zero-order valence-corrected chi connectivity index (χ0v) is 22.7. The number of hydrogen-bond donors (Lipinski definition) is 1. The maximum Gasteiger partial charge on any atom is 0.293 e. The van der Waals surface area contributed by atoms with Crippen molar-refractivity contribution in [3.05, 3.63) is 107 Å². The van der Waals surface area contributed by atoms with Crippen LogP contribution in [-0.4, -0.2) is 30.6 Å². The van der Waals surface area contributed by atoms with Gasteiger partial charge >= 0.3 is 0 Å². The first-order valence-electron chi connectivity index (χ1n) is 13.8. The summed E-state index contributed by atoms with van der Waals surface area (Å²) in [4.78, 5) is 26.1. The van der Waals surface area contributed by atoms with Crippen molar-refractivity contribution in [2.24, 2.45) is 5.92 Å². The zero-order chi connectivity index (χ0) is 30.7. The van der Waals surface area contributed by atoms with E-state index in [4.69, 9.17) is 0 Å². The summed E-state index contributed by atoms with van der Waals surface area (Å²) >= 11 is 0. The first kappa shape index (κ1) is 28.0. The molecular formula is C31H22F6N6O. The van der Waals surface area contributed by atoms with Crippen molar-refractivity contribution < 1.29 is 31.1 Å². The molecule has 0 saturated heterocycles. The average molecular weight is 609 g/mol. The average Bonchev–Trinajstić information content (AvgIpc) is 3.64. The van der Waals surface area contributed by atoms with Crippen LogP contribution in [0.15, 0.2) is 67.4 Å². The molecule has 224 valence electrons. The minimum Gasteiger partial charge on any atom is -0.346 e. The van der Waals surface area contributed by atoms with E-state index in [1.165, 1.54) is 12.5 Å². The second-order valence-corrected chi connectivity index (χ2v) is 11.0. The summed E-state index contributed by atoms with van der Waals surface area (Å²) in [5.74, 6) is -7.68. The van der Waals surface area contributed by atoms with Gasteiger partial charge in [0.05, 0.1) is 11.7 Å². The van der Waals surface area contributed by atoms with Gasteiger partial charge in [-0.1, -0.05) is 12.1 Å². The fourth-order valence-corrected chi connectivity index (χ4v) is 6.22. The van der Waals surface area contributed by atoms with Crippen LogP contribution in [0.5, 0.6) is 0 Å². The van der Waals surface area contributed by atoms with Crippen LogP contribution in [0.4, 0.5) is 26.3 Å². The Bertz CT molecular complexity index is 1910. The van der Waals surface area contributed by atoms with E-state index >= 15 is 8.78 Å². The highest BCUT2D eigenvalue weighted by Crippen LogP contribution is 2.68. The molecule has 44 heavy (non-hydrogen) atoms. The Morgan fingerprint density at radius 2 is 1.80 bits per heavy atom. The largest absolute Gasteiger partial charge is 0.346 e. The van der Waals surface area contributed by atoms with E-state index in [0.717, 1.165) is 22.9 Å². The number of alkyl halides is 4. The molecule has 7 nitrogen and oxygen atoms in total. The molecule has 2 aliphatic carbocycles. The molecule has 3 heterocycles. The van der Waals surface area contributed by atoms with Crippen LogP contribution < -0.4 is 5.32 Å². The molecule has 1 saturated carbocycles. The van der Waals surface area contributed by atoms with Crippen molar-refractivity contribution >= 4 is 16.7 Å². The van der Waals surface area contributed by atoms with Gasteiger partial charge in [0.1, 0.15) is 35.9 Å². The van der Waals surface area contributed by atoms with Crippen molar-refractivity contribution in [2.45, 2.75) is 43.7 Å². The number of carbonyl (C=O) groups is 1. The number of fused-ring (bicyclic) bond motifs is 4. The van der Waals surface area contributed by atoms with Gasteiger partial charge in [-0.3, -0.25) is 14.5 Å². The van der Waals surface area contributed by atoms with Crippen LogP contribution in [-0.2, 0) is 23.7 Å². The SMILES string of the molecule is O=C(Cn1nc(C(F)F)c2c1C(F)(F)C1CC21)NC(Cc1cc(F)cc(F)c1)c1ncncc1-c1ccc2cnccc2c1. The molecule has 3 unspecified atom stereocenters. The number of carbonyl (C=O) groups excluding carboxylic acids is 1. The van der Waals surface area contributed by atoms with Gasteiger partial charge in [-0.15, -0.1) is 0 Å². The Balaban J connectivity index is 1.25. The van der Waals surface area contributed by atoms with Gasteiger partial charge in [0.2, 0.25) is 5.91 Å². The van der Waals surface area contributed by atoms with Gasteiger partial charge in [0.25, 0.3) is 12.3 Å². The van der Waals surface area contributed by atoms with Gasteiger partial charge in [-0.2, -0.15) is 13.9 Å². The Morgan fingerprint density at radius 1 is 1.00 bits per heavy atom. The quantitative estimate of drug-likeness (QED) is 0.206. The Morgan fingerprint density at radius 3 is 2.57 bits per heavy atom. The zero-order valence-electron chi connectivity index (χ0n) is 22.7. The third kappa shape index (κ3) is 4.85. The summed E-state index contributed by atoms with van der Waals surface area (Å²) in [5.41, 5.74) is 0.0640. The molecule has 3 aromatic heterocycles. The summed E-state index contributed by atoms with van der Waals surface area (Å²) < 4.78 is 86.6. The van der Waals surface area contributed by atoms with Gasteiger partial charge in [0, 0.05) is 47.1 Å². The lowest BCUT2D eigenvalue weighted by Gasteiger charge is -2.22. The number of amides is 1. The minimum absolute atomic E-state index is 0.0889. The molecule has 1 N–H and O–H groups in total. The third-order valence-electron chi connectivity index (χ3n) is 8.18. The first-order valence-corrected chi connectivity index (χ1v) is 13.8. The predicted octanol–water partition coefficient (Wildman–Crippen LogP) is 6.41. The van der Waals surface area contributed by atoms with E-state index in [2.05, 4.69) is 25.4 Å². The number of aromatic nitrogens is 5. The maximum atomic E-state index is 15.1. The Hall–Kier alpha value is -4.81. The number of benzene rings is 2. The van der Waals surface area contributed by atoms with Crippen LogP contribution in [0.2, 0.25) is 0 Å². The Labute approximate surface area is 246 Å². The first-order chi connectivity index (χ1) is 21.1. The van der Waals surface area contributed by atoms with Crippen LogP contribution in [0.1, 0.15) is 53.0 Å². The van der Waals surface area contributed by atoms with Crippen molar-refractivity contribution in [2.75, 3.05) is 0 Å². The summed E-state index contributed by atoms with van der Waals surface area (Å²) in [6.07, 6.45) is 2.97. The molecule has 2 aromatic carbocycles. The van der Waals surface area contributed by atoms with Crippen LogP contribution in [0, 0.1) is 17.6 Å². The lowest BCUT2D eigenvalue weighted by molar-refractivity contribution is -0.123. The van der Waals surface area contributed by atoms with Crippen LogP contribution in [0.3, 0.4) is 0 Å². The highest BCUT2D eigenvalue weighted by atomic mass is 19.3. The summed E-state index contributed by atoms with van der Waals surface area (Å²) in [6, 6.07) is 9.22. The fraction of sp³-hybridized carbons (Fsp3) is 0.258. The molecule has 1 amide bonds. The van der Waals surface area contributed by atoms with Crippen molar-refractivity contribution in [1.29, 1.82) is 0 Å². The topological polar surface area (TPSA) is 85.6 Å². The highest BCUT2D eigenvalue weighted by Gasteiger charge is 2.67. The molecule has 3 atom stereocenters. The van der Waals surface area contributed by atoms with E-state index < -0.39 is 65.7 Å². The molecule has 5 aromatic rings. The summed E-state index contributed by atoms with van der Waals surface area (Å²) in [7, 11) is 0. The molecule has 7 rings (SSSR count). The number of nitrogens with one attached hydrogen (secondary N) is 1. The third-order valence-corrected chi connectivity index (χ3v) is 8.18.